The molecule has 2 aliphatic rings. The van der Waals surface area contributed by atoms with Crippen molar-refractivity contribution in [2.75, 3.05) is 24.5 Å². The number of hydrogen-bond acceptors (Lipinski definition) is 5. The van der Waals surface area contributed by atoms with Gasteiger partial charge in [-0.1, -0.05) is 24.3 Å². The van der Waals surface area contributed by atoms with E-state index in [1.807, 2.05) is 19.2 Å². The van der Waals surface area contributed by atoms with Crippen LogP contribution in [0.3, 0.4) is 0 Å². The molecule has 6 rings (SSSR count). The highest BCUT2D eigenvalue weighted by Gasteiger charge is 2.38. The molecule has 4 N–H and O–H groups in total. The number of fused-ring (bicyclic) bond motifs is 2. The minimum atomic E-state index is -0.251. The van der Waals surface area contributed by atoms with Crippen molar-refractivity contribution in [1.82, 2.24) is 15.0 Å². The van der Waals surface area contributed by atoms with Gasteiger partial charge in [-0.3, -0.25) is 0 Å². The Morgan fingerprint density at radius 3 is 2.85 bits per heavy atom. The summed E-state index contributed by atoms with van der Waals surface area (Å²) < 4.78 is 0. The molecule has 1 aliphatic heterocycles. The van der Waals surface area contributed by atoms with Gasteiger partial charge in [-0.25, -0.2) is 9.97 Å². The van der Waals surface area contributed by atoms with Crippen LogP contribution in [0.2, 0.25) is 0 Å². The third-order valence-corrected chi connectivity index (χ3v) is 8.01. The van der Waals surface area contributed by atoms with E-state index in [0.717, 1.165) is 54.6 Å². The average Bonchev–Trinajstić information content (AvgIpc) is 3.61. The van der Waals surface area contributed by atoms with Gasteiger partial charge in [0.15, 0.2) is 0 Å². The quantitative estimate of drug-likeness (QED) is 0.427. The Hall–Kier alpha value is -3.22. The van der Waals surface area contributed by atoms with E-state index in [1.165, 1.54) is 22.4 Å². The average molecular weight is 454 g/mol. The lowest BCUT2D eigenvalue weighted by molar-refractivity contribution is 0.136. The van der Waals surface area contributed by atoms with Gasteiger partial charge in [-0.05, 0) is 67.1 Å². The number of benzene rings is 2. The number of aliphatic hydroxyl groups excluding tert-OH is 1. The van der Waals surface area contributed by atoms with E-state index in [9.17, 15) is 5.11 Å². The fraction of sp³-hybridized carbons (Fsp3) is 0.357. The van der Waals surface area contributed by atoms with Crippen LogP contribution in [0.1, 0.15) is 30.0 Å². The number of H-pyrrole nitrogens is 1. The molecule has 6 nitrogen and oxygen atoms in total. The summed E-state index contributed by atoms with van der Waals surface area (Å²) in [6, 6.07) is 17.6. The Balaban J connectivity index is 1.31. The van der Waals surface area contributed by atoms with Gasteiger partial charge in [0.2, 0.25) is 0 Å². The predicted octanol–water partition coefficient (Wildman–Crippen LogP) is 3.83. The van der Waals surface area contributed by atoms with Gasteiger partial charge in [0.05, 0.1) is 11.8 Å². The minimum absolute atomic E-state index is 0.117. The fourth-order valence-corrected chi connectivity index (χ4v) is 5.92. The van der Waals surface area contributed by atoms with E-state index in [1.54, 1.807) is 6.33 Å². The summed E-state index contributed by atoms with van der Waals surface area (Å²) in [6.45, 7) is 4.43. The van der Waals surface area contributed by atoms with Crippen molar-refractivity contribution in [2.45, 2.75) is 37.7 Å². The number of nitrogens with zero attached hydrogens (tertiary/aromatic N) is 3. The normalized spacial score (nSPS) is 22.9. The molecule has 1 saturated heterocycles. The van der Waals surface area contributed by atoms with Crippen molar-refractivity contribution in [1.29, 1.82) is 0 Å². The third kappa shape index (κ3) is 3.49. The van der Waals surface area contributed by atoms with Crippen molar-refractivity contribution in [2.24, 2.45) is 11.7 Å². The van der Waals surface area contributed by atoms with Crippen LogP contribution in [0.25, 0.3) is 22.3 Å². The highest BCUT2D eigenvalue weighted by Crippen LogP contribution is 2.42. The lowest BCUT2D eigenvalue weighted by Gasteiger charge is -2.28. The number of hydrogen-bond donors (Lipinski definition) is 3. The second-order valence-electron chi connectivity index (χ2n) is 10.1. The molecule has 6 heteroatoms. The third-order valence-electron chi connectivity index (χ3n) is 8.01. The Labute approximate surface area is 199 Å². The van der Waals surface area contributed by atoms with Crippen LogP contribution in [0.5, 0.6) is 0 Å². The summed E-state index contributed by atoms with van der Waals surface area (Å²) in [5.41, 5.74) is 14.6. The first-order valence-corrected chi connectivity index (χ1v) is 12.2. The molecule has 0 amide bonds. The number of aromatic nitrogens is 3. The Kier molecular flexibility index (Phi) is 5.15. The number of rotatable bonds is 5. The summed E-state index contributed by atoms with van der Waals surface area (Å²) >= 11 is 0. The molecule has 1 fully saturated rings. The summed E-state index contributed by atoms with van der Waals surface area (Å²) in [5.74, 6) is 0.354. The first kappa shape index (κ1) is 21.3. The van der Waals surface area contributed by atoms with E-state index >= 15 is 0 Å². The Bertz CT molecular complexity index is 1350. The van der Waals surface area contributed by atoms with Gasteiger partial charge in [0.25, 0.3) is 0 Å². The van der Waals surface area contributed by atoms with Crippen LogP contribution in [-0.4, -0.2) is 45.8 Å². The van der Waals surface area contributed by atoms with E-state index in [2.05, 4.69) is 62.3 Å². The maximum Gasteiger partial charge on any atom is 0.141 e. The summed E-state index contributed by atoms with van der Waals surface area (Å²) in [4.78, 5) is 14.5. The zero-order chi connectivity index (χ0) is 23.3. The highest BCUT2D eigenvalue weighted by atomic mass is 16.3. The highest BCUT2D eigenvalue weighted by molar-refractivity contribution is 5.90. The summed E-state index contributed by atoms with van der Waals surface area (Å²) in [6.07, 6.45) is 6.20. The van der Waals surface area contributed by atoms with Crippen LogP contribution in [0, 0.1) is 5.92 Å². The van der Waals surface area contributed by atoms with Crippen LogP contribution < -0.4 is 10.6 Å². The first-order chi connectivity index (χ1) is 16.6. The number of aromatic amines is 1. The van der Waals surface area contributed by atoms with E-state index in [-0.39, 0.29) is 11.5 Å². The largest absolute Gasteiger partial charge is 0.393 e. The van der Waals surface area contributed by atoms with Crippen molar-refractivity contribution in [3.8, 4) is 11.3 Å². The topological polar surface area (TPSA) is 91.1 Å². The summed E-state index contributed by atoms with van der Waals surface area (Å²) in [7, 11) is 0. The maximum atomic E-state index is 10.00. The molecule has 34 heavy (non-hydrogen) atoms. The molecule has 3 unspecified atom stereocenters. The lowest BCUT2D eigenvalue weighted by Crippen LogP contribution is -2.36. The number of aliphatic hydroxyl groups is 1. The number of nitrogens with one attached hydrogen (secondary N) is 1. The molecular formula is C28H31N5O. The van der Waals surface area contributed by atoms with Crippen LogP contribution in [0.4, 0.5) is 5.69 Å². The van der Waals surface area contributed by atoms with Gasteiger partial charge in [0.1, 0.15) is 12.0 Å². The zero-order valence-corrected chi connectivity index (χ0v) is 19.5. The molecule has 0 bridgehead atoms. The molecule has 3 atom stereocenters. The predicted molar refractivity (Wildman–Crippen MR) is 136 cm³/mol. The molecule has 2 aromatic heterocycles. The lowest BCUT2D eigenvalue weighted by atomic mass is 9.77. The van der Waals surface area contributed by atoms with Crippen LogP contribution >= 0.6 is 0 Å². The van der Waals surface area contributed by atoms with Gasteiger partial charge in [-0.15, -0.1) is 0 Å². The monoisotopic (exact) mass is 453 g/mol. The molecule has 0 saturated carbocycles. The first-order valence-electron chi connectivity index (χ1n) is 12.2. The van der Waals surface area contributed by atoms with Crippen LogP contribution in [-0.2, 0) is 18.3 Å². The van der Waals surface area contributed by atoms with Gasteiger partial charge < -0.3 is 20.7 Å². The SMILES string of the molecule is CC(O)C1CCN(c2ccc3c(c2)CC(CN)(c2cccc(-c4ncnc5[nH]ccc45)c2)C3)C1. The summed E-state index contributed by atoms with van der Waals surface area (Å²) in [5, 5.41) is 11.0. The number of nitrogens with two attached hydrogens (primary N) is 1. The van der Waals surface area contributed by atoms with Crippen molar-refractivity contribution in [3.05, 3.63) is 77.7 Å². The second kappa shape index (κ2) is 8.22. The number of anilines is 1. The van der Waals surface area contributed by atoms with Gasteiger partial charge in [0, 0.05) is 53.8 Å². The smallest absolute Gasteiger partial charge is 0.141 e. The van der Waals surface area contributed by atoms with E-state index in [4.69, 9.17) is 5.73 Å². The second-order valence-corrected chi connectivity index (χ2v) is 10.1. The van der Waals surface area contributed by atoms with Crippen LogP contribution in [0.15, 0.2) is 61.1 Å². The van der Waals surface area contributed by atoms with Gasteiger partial charge >= 0.3 is 0 Å². The molecule has 0 radical (unpaired) electrons. The zero-order valence-electron chi connectivity index (χ0n) is 19.5. The molecule has 174 valence electrons. The maximum absolute atomic E-state index is 10.00. The van der Waals surface area contributed by atoms with Crippen molar-refractivity contribution < 1.29 is 5.11 Å². The van der Waals surface area contributed by atoms with Gasteiger partial charge in [-0.2, -0.15) is 0 Å². The molecule has 4 aromatic rings. The molecule has 1 aliphatic carbocycles. The van der Waals surface area contributed by atoms with E-state index < -0.39 is 0 Å². The fourth-order valence-electron chi connectivity index (χ4n) is 5.92. The Morgan fingerprint density at radius 1 is 1.15 bits per heavy atom. The van der Waals surface area contributed by atoms with Crippen molar-refractivity contribution in [3.63, 3.8) is 0 Å². The van der Waals surface area contributed by atoms with E-state index in [0.29, 0.717) is 12.5 Å². The molecular weight excluding hydrogens is 422 g/mol. The minimum Gasteiger partial charge on any atom is -0.393 e. The molecule has 3 heterocycles. The molecule has 0 spiro atoms. The molecule has 2 aromatic carbocycles. The standard InChI is InChI=1S/C28H31N5O/c1-18(34)21-8-10-33(15-21)24-6-5-20-13-28(16-29,14-22(20)12-24)23-4-2-3-19(11-23)26-25-7-9-30-27(25)32-17-31-26/h2-7,9,11-12,17-18,21,34H,8,10,13-16,29H2,1H3,(H,30,31,32). The Morgan fingerprint density at radius 2 is 2.03 bits per heavy atom. The van der Waals surface area contributed by atoms with Crippen molar-refractivity contribution >= 4 is 16.7 Å².